The minimum atomic E-state index is -2.78. The number of nitrogens with one attached hydrogen (secondary N) is 1. The summed E-state index contributed by atoms with van der Waals surface area (Å²) in [6, 6.07) is 7.01. The molecule has 2 aliphatic heterocycles. The van der Waals surface area contributed by atoms with E-state index < -0.39 is 24.9 Å². The molecule has 1 amide bonds. The molecular formula is C16H21F2N3O2. The Morgan fingerprint density at radius 2 is 2.04 bits per heavy atom. The molecule has 23 heavy (non-hydrogen) atoms. The Balaban J connectivity index is 1.57. The quantitative estimate of drug-likeness (QED) is 0.911. The maximum Gasteiger partial charge on any atom is 0.262 e. The second kappa shape index (κ2) is 6.31. The number of benzene rings is 1. The SMILES string of the molecule is COc1cccc(N2CCN(C(=O)C3CC(F)(F)CN3)CC2)c1. The lowest BCUT2D eigenvalue weighted by Gasteiger charge is -2.37. The van der Waals surface area contributed by atoms with E-state index in [2.05, 4.69) is 10.2 Å². The van der Waals surface area contributed by atoms with Crippen molar-refractivity contribution >= 4 is 11.6 Å². The van der Waals surface area contributed by atoms with Gasteiger partial charge >= 0.3 is 0 Å². The summed E-state index contributed by atoms with van der Waals surface area (Å²) in [5, 5.41) is 2.63. The number of piperazine rings is 1. The molecule has 0 aliphatic carbocycles. The largest absolute Gasteiger partial charge is 0.497 e. The van der Waals surface area contributed by atoms with E-state index >= 15 is 0 Å². The first-order valence-corrected chi connectivity index (χ1v) is 7.77. The van der Waals surface area contributed by atoms with Crippen LogP contribution in [0.5, 0.6) is 5.75 Å². The van der Waals surface area contributed by atoms with Crippen LogP contribution in [-0.2, 0) is 4.79 Å². The summed E-state index contributed by atoms with van der Waals surface area (Å²) in [5.74, 6) is -2.20. The maximum atomic E-state index is 13.2. The smallest absolute Gasteiger partial charge is 0.262 e. The third-order valence-corrected chi connectivity index (χ3v) is 4.42. The van der Waals surface area contributed by atoms with E-state index in [0.29, 0.717) is 26.2 Å². The lowest BCUT2D eigenvalue weighted by molar-refractivity contribution is -0.134. The number of methoxy groups -OCH3 is 1. The van der Waals surface area contributed by atoms with Crippen LogP contribution in [0, 0.1) is 0 Å². The monoisotopic (exact) mass is 325 g/mol. The topological polar surface area (TPSA) is 44.8 Å². The molecule has 3 rings (SSSR count). The molecule has 2 aliphatic rings. The second-order valence-electron chi connectivity index (χ2n) is 6.01. The fourth-order valence-corrected chi connectivity index (χ4v) is 3.10. The van der Waals surface area contributed by atoms with Crippen LogP contribution in [0.2, 0.25) is 0 Å². The summed E-state index contributed by atoms with van der Waals surface area (Å²) in [6.07, 6.45) is -0.401. The number of halogens is 2. The molecule has 0 radical (unpaired) electrons. The highest BCUT2D eigenvalue weighted by molar-refractivity contribution is 5.82. The summed E-state index contributed by atoms with van der Waals surface area (Å²) in [7, 11) is 1.63. The van der Waals surface area contributed by atoms with Gasteiger partial charge in [0.2, 0.25) is 5.91 Å². The molecule has 2 saturated heterocycles. The van der Waals surface area contributed by atoms with Crippen molar-refractivity contribution in [2.45, 2.75) is 18.4 Å². The zero-order valence-electron chi connectivity index (χ0n) is 13.1. The van der Waals surface area contributed by atoms with Crippen LogP contribution in [0.4, 0.5) is 14.5 Å². The lowest BCUT2D eigenvalue weighted by Crippen LogP contribution is -2.53. The van der Waals surface area contributed by atoms with Gasteiger partial charge in [-0.05, 0) is 12.1 Å². The number of anilines is 1. The Morgan fingerprint density at radius 1 is 1.30 bits per heavy atom. The van der Waals surface area contributed by atoms with Crippen molar-refractivity contribution in [3.8, 4) is 5.75 Å². The number of rotatable bonds is 3. The molecule has 1 aromatic carbocycles. The van der Waals surface area contributed by atoms with Gasteiger partial charge in [-0.25, -0.2) is 8.78 Å². The Kier molecular flexibility index (Phi) is 4.39. The second-order valence-corrected chi connectivity index (χ2v) is 6.01. The predicted molar refractivity (Wildman–Crippen MR) is 83.1 cm³/mol. The molecular weight excluding hydrogens is 304 g/mol. The van der Waals surface area contributed by atoms with E-state index in [1.54, 1.807) is 12.0 Å². The molecule has 2 fully saturated rings. The van der Waals surface area contributed by atoms with Crippen LogP contribution in [0.3, 0.4) is 0 Å². The molecule has 126 valence electrons. The Bertz CT molecular complexity index is 574. The zero-order valence-corrected chi connectivity index (χ0v) is 13.1. The summed E-state index contributed by atoms with van der Waals surface area (Å²) in [5.41, 5.74) is 1.04. The fourth-order valence-electron chi connectivity index (χ4n) is 3.10. The van der Waals surface area contributed by atoms with Crippen molar-refractivity contribution in [1.29, 1.82) is 0 Å². The van der Waals surface area contributed by atoms with E-state index in [4.69, 9.17) is 4.74 Å². The molecule has 5 nitrogen and oxygen atoms in total. The molecule has 1 aromatic rings. The highest BCUT2D eigenvalue weighted by Gasteiger charge is 2.43. The highest BCUT2D eigenvalue weighted by atomic mass is 19.3. The normalized spacial score (nSPS) is 23.9. The minimum Gasteiger partial charge on any atom is -0.497 e. The van der Waals surface area contributed by atoms with Crippen molar-refractivity contribution in [3.05, 3.63) is 24.3 Å². The van der Waals surface area contributed by atoms with Crippen LogP contribution >= 0.6 is 0 Å². The highest BCUT2D eigenvalue weighted by Crippen LogP contribution is 2.27. The van der Waals surface area contributed by atoms with E-state index in [1.807, 2.05) is 24.3 Å². The number of hydrogen-bond donors (Lipinski definition) is 1. The summed E-state index contributed by atoms with van der Waals surface area (Å²) >= 11 is 0. The van der Waals surface area contributed by atoms with E-state index in [9.17, 15) is 13.6 Å². The molecule has 0 saturated carbocycles. The van der Waals surface area contributed by atoms with Crippen LogP contribution in [0.15, 0.2) is 24.3 Å². The first-order chi connectivity index (χ1) is 11.0. The van der Waals surface area contributed by atoms with Gasteiger partial charge in [-0.15, -0.1) is 0 Å². The number of nitrogens with zero attached hydrogens (tertiary/aromatic N) is 2. The average molecular weight is 325 g/mol. The molecule has 1 atom stereocenters. The van der Waals surface area contributed by atoms with Gasteiger partial charge in [0.05, 0.1) is 19.7 Å². The standard InChI is InChI=1S/C16H21F2N3O2/c1-23-13-4-2-3-12(9-13)20-5-7-21(8-6-20)15(22)14-10-16(17,18)11-19-14/h2-4,9,14,19H,5-8,10-11H2,1H3. The first kappa shape index (κ1) is 16.0. The van der Waals surface area contributed by atoms with Crippen molar-refractivity contribution in [2.75, 3.05) is 44.7 Å². The van der Waals surface area contributed by atoms with Gasteiger partial charge in [0.15, 0.2) is 0 Å². The minimum absolute atomic E-state index is 0.215. The molecule has 0 spiro atoms. The Morgan fingerprint density at radius 3 is 2.65 bits per heavy atom. The van der Waals surface area contributed by atoms with Crippen molar-refractivity contribution in [1.82, 2.24) is 10.2 Å². The van der Waals surface area contributed by atoms with Crippen LogP contribution in [0.25, 0.3) is 0 Å². The number of carbonyl (C=O) groups excluding carboxylic acids is 1. The third-order valence-electron chi connectivity index (χ3n) is 4.42. The Hall–Kier alpha value is -1.89. The van der Waals surface area contributed by atoms with E-state index in [1.165, 1.54) is 0 Å². The fraction of sp³-hybridized carbons (Fsp3) is 0.562. The molecule has 0 bridgehead atoms. The molecule has 2 heterocycles. The number of alkyl halides is 2. The van der Waals surface area contributed by atoms with Gasteiger partial charge in [-0.2, -0.15) is 0 Å². The van der Waals surface area contributed by atoms with Gasteiger partial charge in [0, 0.05) is 44.4 Å². The van der Waals surface area contributed by atoms with Gasteiger partial charge in [-0.1, -0.05) is 6.07 Å². The lowest BCUT2D eigenvalue weighted by atomic mass is 10.1. The van der Waals surface area contributed by atoms with Crippen LogP contribution < -0.4 is 15.0 Å². The number of amides is 1. The molecule has 1 unspecified atom stereocenters. The maximum absolute atomic E-state index is 13.2. The molecule has 0 aromatic heterocycles. The summed E-state index contributed by atoms with van der Waals surface area (Å²) < 4.78 is 31.7. The summed E-state index contributed by atoms with van der Waals surface area (Å²) in [6.45, 7) is 2.04. The van der Waals surface area contributed by atoms with Crippen molar-refractivity contribution in [2.24, 2.45) is 0 Å². The molecule has 1 N–H and O–H groups in total. The summed E-state index contributed by atoms with van der Waals surface area (Å²) in [4.78, 5) is 16.2. The Labute approximate surface area is 134 Å². The molecule has 7 heteroatoms. The van der Waals surface area contributed by atoms with E-state index in [0.717, 1.165) is 11.4 Å². The van der Waals surface area contributed by atoms with E-state index in [-0.39, 0.29) is 5.91 Å². The first-order valence-electron chi connectivity index (χ1n) is 7.77. The van der Waals surface area contributed by atoms with Crippen LogP contribution in [0.1, 0.15) is 6.42 Å². The average Bonchev–Trinajstić information content (AvgIpc) is 2.94. The zero-order chi connectivity index (χ0) is 16.4. The van der Waals surface area contributed by atoms with Crippen LogP contribution in [-0.4, -0.2) is 62.6 Å². The van der Waals surface area contributed by atoms with Gasteiger partial charge in [-0.3, -0.25) is 10.1 Å². The number of hydrogen-bond acceptors (Lipinski definition) is 4. The van der Waals surface area contributed by atoms with Crippen molar-refractivity contribution in [3.63, 3.8) is 0 Å². The third kappa shape index (κ3) is 3.55. The number of ether oxygens (including phenoxy) is 1. The van der Waals surface area contributed by atoms with Gasteiger partial charge in [0.25, 0.3) is 5.92 Å². The van der Waals surface area contributed by atoms with Gasteiger partial charge in [0.1, 0.15) is 5.75 Å². The number of carbonyl (C=O) groups is 1. The predicted octanol–water partition coefficient (Wildman–Crippen LogP) is 1.34. The van der Waals surface area contributed by atoms with Gasteiger partial charge < -0.3 is 14.5 Å². The van der Waals surface area contributed by atoms with Crippen molar-refractivity contribution < 1.29 is 18.3 Å².